The molecule has 1 atom stereocenters. The number of benzene rings is 2. The van der Waals surface area contributed by atoms with E-state index >= 15 is 0 Å². The lowest BCUT2D eigenvalue weighted by molar-refractivity contribution is -0.128. The van der Waals surface area contributed by atoms with Crippen LogP contribution in [-0.2, 0) is 16.2 Å². The second kappa shape index (κ2) is 7.23. The van der Waals surface area contributed by atoms with Crippen LogP contribution in [0.25, 0.3) is 0 Å². The Balaban J connectivity index is 1.41. The van der Waals surface area contributed by atoms with Gasteiger partial charge in [-0.2, -0.15) is 0 Å². The average Bonchev–Trinajstić information content (AvgIpc) is 3.23. The molecule has 6 heteroatoms. The number of nitrogens with zero attached hydrogens (tertiary/aromatic N) is 3. The molecule has 0 spiro atoms. The molecule has 0 amide bonds. The largest absolute Gasteiger partial charge is 0.489 e. The first-order valence-electron chi connectivity index (χ1n) is 10.2. The highest BCUT2D eigenvalue weighted by molar-refractivity contribution is 6.51. The van der Waals surface area contributed by atoms with E-state index in [4.69, 9.17) is 4.74 Å². The van der Waals surface area contributed by atoms with E-state index in [-0.39, 0.29) is 18.0 Å². The van der Waals surface area contributed by atoms with Crippen LogP contribution >= 0.6 is 0 Å². The summed E-state index contributed by atoms with van der Waals surface area (Å²) in [6.45, 7) is 4.03. The third-order valence-corrected chi connectivity index (χ3v) is 5.77. The van der Waals surface area contributed by atoms with Crippen molar-refractivity contribution < 1.29 is 14.3 Å². The number of Topliss-reactive ketones (excluding diaryl/α,β-unsaturated/α-hetero) is 2. The molecule has 5 rings (SSSR count). The minimum absolute atomic E-state index is 0.0477. The Morgan fingerprint density at radius 1 is 1.00 bits per heavy atom. The lowest BCUT2D eigenvalue weighted by Gasteiger charge is -2.32. The first-order valence-corrected chi connectivity index (χ1v) is 10.2. The molecule has 0 radical (unpaired) electrons. The fourth-order valence-electron chi connectivity index (χ4n) is 3.97. The predicted molar refractivity (Wildman–Crippen MR) is 119 cm³/mol. The number of allylic oxidation sites excluding steroid dienone is 2. The number of ketones is 2. The van der Waals surface area contributed by atoms with Crippen LogP contribution in [0.2, 0.25) is 0 Å². The van der Waals surface area contributed by atoms with Gasteiger partial charge < -0.3 is 4.74 Å². The number of aliphatic imine (C=N–C) groups is 3. The van der Waals surface area contributed by atoms with Crippen molar-refractivity contribution in [2.45, 2.75) is 32.4 Å². The fraction of sp³-hybridized carbons (Fsp3) is 0.240. The van der Waals surface area contributed by atoms with Gasteiger partial charge in [-0.05, 0) is 43.7 Å². The zero-order chi connectivity index (χ0) is 21.6. The topological polar surface area (TPSA) is 80.5 Å². The maximum atomic E-state index is 12.8. The third kappa shape index (κ3) is 3.44. The Labute approximate surface area is 180 Å². The molecule has 2 heterocycles. The molecule has 3 aliphatic rings. The van der Waals surface area contributed by atoms with E-state index in [1.54, 1.807) is 20.1 Å². The van der Waals surface area contributed by atoms with Gasteiger partial charge in [-0.1, -0.05) is 30.3 Å². The zero-order valence-electron chi connectivity index (χ0n) is 17.3. The van der Waals surface area contributed by atoms with Crippen LogP contribution in [0.5, 0.6) is 5.75 Å². The number of fused-ring (bicyclic) bond motifs is 2. The lowest BCUT2D eigenvalue weighted by Crippen LogP contribution is -2.44. The molecule has 0 bridgehead atoms. The van der Waals surface area contributed by atoms with Crippen molar-refractivity contribution in [1.82, 2.24) is 0 Å². The smallest absolute Gasteiger partial charge is 0.184 e. The molecule has 6 nitrogen and oxygen atoms in total. The van der Waals surface area contributed by atoms with E-state index in [0.717, 1.165) is 16.9 Å². The molecular formula is C25H21N3O3. The minimum Gasteiger partial charge on any atom is -0.489 e. The molecule has 2 aliphatic heterocycles. The van der Waals surface area contributed by atoms with Gasteiger partial charge in [0.05, 0.1) is 5.92 Å². The van der Waals surface area contributed by atoms with Crippen LogP contribution in [0.15, 0.2) is 80.8 Å². The van der Waals surface area contributed by atoms with Gasteiger partial charge in [-0.15, -0.1) is 0 Å². The van der Waals surface area contributed by atoms with Gasteiger partial charge in [0.1, 0.15) is 29.3 Å². The quantitative estimate of drug-likeness (QED) is 0.769. The molecule has 0 aromatic heterocycles. The maximum Gasteiger partial charge on any atom is 0.184 e. The monoisotopic (exact) mass is 411 g/mol. The molecule has 0 fully saturated rings. The molecule has 2 aromatic rings. The van der Waals surface area contributed by atoms with Crippen molar-refractivity contribution in [3.05, 3.63) is 77.0 Å². The summed E-state index contributed by atoms with van der Waals surface area (Å²) in [6.07, 6.45) is 1.82. The van der Waals surface area contributed by atoms with E-state index in [2.05, 4.69) is 15.0 Å². The first kappa shape index (κ1) is 19.3. The van der Waals surface area contributed by atoms with Crippen molar-refractivity contribution in [1.29, 1.82) is 0 Å². The van der Waals surface area contributed by atoms with Gasteiger partial charge >= 0.3 is 0 Å². The number of hydrogen-bond donors (Lipinski definition) is 0. The van der Waals surface area contributed by atoms with Crippen LogP contribution in [-0.4, -0.2) is 34.9 Å². The normalized spacial score (nSPS) is 21.4. The summed E-state index contributed by atoms with van der Waals surface area (Å²) < 4.78 is 5.83. The van der Waals surface area contributed by atoms with E-state index in [9.17, 15) is 9.59 Å². The number of amidine groups is 1. The number of ether oxygens (including phenoxy) is 1. The standard InChI is InChI=1S/C25H21N3O3/c1-25(2)23(30)18-12-20(29)22-21(19(18)13-26-25)27-24(28-22)16-8-10-17(11-9-16)31-14-15-6-4-3-5-7-15/h3-11,13,18H,12,14H2,1-2H3. The molecule has 31 heavy (non-hydrogen) atoms. The van der Waals surface area contributed by atoms with Gasteiger partial charge in [0.25, 0.3) is 0 Å². The number of carbonyl (C=O) groups is 2. The molecule has 1 unspecified atom stereocenters. The van der Waals surface area contributed by atoms with Crippen LogP contribution in [0, 0.1) is 5.92 Å². The molecule has 1 aliphatic carbocycles. The van der Waals surface area contributed by atoms with Crippen molar-refractivity contribution in [3.8, 4) is 5.75 Å². The average molecular weight is 411 g/mol. The minimum atomic E-state index is -0.815. The summed E-state index contributed by atoms with van der Waals surface area (Å²) in [7, 11) is 0. The predicted octanol–water partition coefficient (Wildman–Crippen LogP) is 3.74. The van der Waals surface area contributed by atoms with Crippen molar-refractivity contribution in [3.63, 3.8) is 0 Å². The number of rotatable bonds is 4. The van der Waals surface area contributed by atoms with Gasteiger partial charge in [0.15, 0.2) is 17.4 Å². The van der Waals surface area contributed by atoms with E-state index < -0.39 is 11.5 Å². The van der Waals surface area contributed by atoms with Gasteiger partial charge in [-0.25, -0.2) is 9.98 Å². The highest BCUT2D eigenvalue weighted by Crippen LogP contribution is 2.37. The lowest BCUT2D eigenvalue weighted by atomic mass is 9.74. The zero-order valence-corrected chi connectivity index (χ0v) is 17.3. The second-order valence-electron chi connectivity index (χ2n) is 8.36. The molecule has 0 saturated carbocycles. The van der Waals surface area contributed by atoms with Crippen molar-refractivity contribution >= 4 is 29.3 Å². The Kier molecular flexibility index (Phi) is 4.50. The Morgan fingerprint density at radius 3 is 2.48 bits per heavy atom. The molecule has 154 valence electrons. The Bertz CT molecular complexity index is 1200. The summed E-state index contributed by atoms with van der Waals surface area (Å²) in [5, 5.41) is 0. The second-order valence-corrected chi connectivity index (χ2v) is 8.36. The van der Waals surface area contributed by atoms with Gasteiger partial charge in [0, 0.05) is 23.8 Å². The Morgan fingerprint density at radius 2 is 1.74 bits per heavy atom. The summed E-state index contributed by atoms with van der Waals surface area (Å²) >= 11 is 0. The highest BCUT2D eigenvalue weighted by atomic mass is 16.5. The van der Waals surface area contributed by atoms with E-state index in [1.165, 1.54) is 0 Å². The first-order chi connectivity index (χ1) is 14.9. The van der Waals surface area contributed by atoms with Gasteiger partial charge in [0.2, 0.25) is 0 Å². The molecule has 0 N–H and O–H groups in total. The van der Waals surface area contributed by atoms with E-state index in [0.29, 0.717) is 29.4 Å². The summed E-state index contributed by atoms with van der Waals surface area (Å²) in [5.74, 6) is 0.512. The van der Waals surface area contributed by atoms with Crippen molar-refractivity contribution in [2.24, 2.45) is 20.9 Å². The van der Waals surface area contributed by atoms with Crippen LogP contribution in [0.4, 0.5) is 0 Å². The van der Waals surface area contributed by atoms with Gasteiger partial charge in [-0.3, -0.25) is 14.6 Å². The Hall–Kier alpha value is -3.67. The molecule has 0 saturated heterocycles. The maximum absolute atomic E-state index is 12.8. The SMILES string of the molecule is CC1(C)N=CC2=C3N=C(c4ccc(OCc5ccccc5)cc4)N=C3C(=O)CC2C1=O. The summed E-state index contributed by atoms with van der Waals surface area (Å²) in [4.78, 5) is 38.9. The van der Waals surface area contributed by atoms with Crippen molar-refractivity contribution in [2.75, 3.05) is 0 Å². The van der Waals surface area contributed by atoms with E-state index in [1.807, 2.05) is 54.6 Å². The summed E-state index contributed by atoms with van der Waals surface area (Å²) in [6, 6.07) is 17.4. The highest BCUT2D eigenvalue weighted by Gasteiger charge is 2.45. The third-order valence-electron chi connectivity index (χ3n) is 5.77. The number of carbonyl (C=O) groups excluding carboxylic acids is 2. The number of hydrogen-bond acceptors (Lipinski definition) is 6. The molecular weight excluding hydrogens is 390 g/mol. The molecule has 2 aromatic carbocycles. The fourth-order valence-corrected chi connectivity index (χ4v) is 3.97. The van der Waals surface area contributed by atoms with Crippen LogP contribution in [0.3, 0.4) is 0 Å². The van der Waals surface area contributed by atoms with Crippen LogP contribution < -0.4 is 4.74 Å². The summed E-state index contributed by atoms with van der Waals surface area (Å²) in [5.41, 5.74) is 2.56. The van der Waals surface area contributed by atoms with Crippen LogP contribution in [0.1, 0.15) is 31.4 Å².